The van der Waals surface area contributed by atoms with Crippen LogP contribution in [0.1, 0.15) is 30.1 Å². The van der Waals surface area contributed by atoms with E-state index in [4.69, 9.17) is 0 Å². The number of hydrogen-bond acceptors (Lipinski definition) is 4. The number of phenolic OH excluding ortho intramolecular Hbond substituents is 2. The highest BCUT2D eigenvalue weighted by Crippen LogP contribution is 2.22. The Morgan fingerprint density at radius 3 is 2.94 bits per heavy atom. The van der Waals surface area contributed by atoms with Crippen molar-refractivity contribution in [1.82, 2.24) is 10.6 Å². The van der Waals surface area contributed by atoms with E-state index in [1.165, 1.54) is 18.2 Å². The molecule has 0 spiro atoms. The third-order valence-electron chi connectivity index (χ3n) is 3.30. The largest absolute Gasteiger partial charge is 0.508 e. The lowest BCUT2D eigenvalue weighted by molar-refractivity contribution is 0.0916. The summed E-state index contributed by atoms with van der Waals surface area (Å²) < 4.78 is 0. The number of hydrogen-bond donors (Lipinski definition) is 4. The summed E-state index contributed by atoms with van der Waals surface area (Å²) in [4.78, 5) is 12.0. The molecule has 0 radical (unpaired) electrons. The fourth-order valence-electron chi connectivity index (χ4n) is 2.19. The molecule has 1 aromatic rings. The lowest BCUT2D eigenvalue weighted by Crippen LogP contribution is -2.51. The Balaban J connectivity index is 2.09. The standard InChI is InChI=1S/C13H18N2O3/c1-8-11(3-2-6-14-8)15-13(18)10-7-9(16)4-5-12(10)17/h4-5,7-8,11,14,16-17H,2-3,6H2,1H3,(H,15,18). The first-order valence-corrected chi connectivity index (χ1v) is 6.14. The molecule has 1 saturated heterocycles. The molecule has 4 N–H and O–H groups in total. The van der Waals surface area contributed by atoms with Crippen molar-refractivity contribution in [2.75, 3.05) is 6.54 Å². The van der Waals surface area contributed by atoms with Crippen LogP contribution in [0.4, 0.5) is 0 Å². The molecule has 1 aliphatic rings. The molecule has 1 fully saturated rings. The lowest BCUT2D eigenvalue weighted by atomic mass is 9.99. The molecule has 1 amide bonds. The number of phenols is 2. The third kappa shape index (κ3) is 2.73. The molecule has 1 aromatic carbocycles. The van der Waals surface area contributed by atoms with Gasteiger partial charge < -0.3 is 20.8 Å². The van der Waals surface area contributed by atoms with Crippen molar-refractivity contribution < 1.29 is 15.0 Å². The molecule has 0 bridgehead atoms. The van der Waals surface area contributed by atoms with Crippen LogP contribution in [0.15, 0.2) is 18.2 Å². The molecule has 18 heavy (non-hydrogen) atoms. The van der Waals surface area contributed by atoms with Gasteiger partial charge in [0.05, 0.1) is 5.56 Å². The Morgan fingerprint density at radius 1 is 1.44 bits per heavy atom. The molecule has 0 aromatic heterocycles. The first-order valence-electron chi connectivity index (χ1n) is 6.14. The minimum atomic E-state index is -0.357. The van der Waals surface area contributed by atoms with Crippen LogP contribution in [0.25, 0.3) is 0 Å². The van der Waals surface area contributed by atoms with E-state index >= 15 is 0 Å². The van der Waals surface area contributed by atoms with Crippen molar-refractivity contribution in [3.63, 3.8) is 0 Å². The predicted molar refractivity (Wildman–Crippen MR) is 67.7 cm³/mol. The van der Waals surface area contributed by atoms with Gasteiger partial charge in [0, 0.05) is 12.1 Å². The maximum atomic E-state index is 12.0. The second-order valence-electron chi connectivity index (χ2n) is 4.67. The summed E-state index contributed by atoms with van der Waals surface area (Å²) in [6.07, 6.45) is 1.93. The number of nitrogens with one attached hydrogen (secondary N) is 2. The minimum absolute atomic E-state index is 0.0345. The highest BCUT2D eigenvalue weighted by atomic mass is 16.3. The van der Waals surface area contributed by atoms with Crippen LogP contribution in [0, 0.1) is 0 Å². The number of piperidine rings is 1. The molecule has 2 rings (SSSR count). The van der Waals surface area contributed by atoms with Crippen LogP contribution in [-0.2, 0) is 0 Å². The number of amides is 1. The van der Waals surface area contributed by atoms with Gasteiger partial charge in [-0.2, -0.15) is 0 Å². The average Bonchev–Trinajstić information content (AvgIpc) is 2.35. The van der Waals surface area contributed by atoms with Crippen molar-refractivity contribution in [2.45, 2.75) is 31.8 Å². The summed E-state index contributed by atoms with van der Waals surface area (Å²) in [5.41, 5.74) is 0.104. The van der Waals surface area contributed by atoms with Crippen LogP contribution in [0.5, 0.6) is 11.5 Å². The van der Waals surface area contributed by atoms with E-state index in [0.717, 1.165) is 19.4 Å². The van der Waals surface area contributed by atoms with Crippen LogP contribution in [0.2, 0.25) is 0 Å². The van der Waals surface area contributed by atoms with Crippen LogP contribution in [-0.4, -0.2) is 34.7 Å². The molecule has 98 valence electrons. The Kier molecular flexibility index (Phi) is 3.72. The quantitative estimate of drug-likeness (QED) is 0.589. The van der Waals surface area contributed by atoms with Gasteiger partial charge in [0.15, 0.2) is 0 Å². The maximum absolute atomic E-state index is 12.0. The minimum Gasteiger partial charge on any atom is -0.508 e. The normalized spacial score (nSPS) is 23.6. The van der Waals surface area contributed by atoms with Gasteiger partial charge in [-0.25, -0.2) is 0 Å². The number of rotatable bonds is 2. The Hall–Kier alpha value is -1.75. The van der Waals surface area contributed by atoms with E-state index in [1.54, 1.807) is 0 Å². The fourth-order valence-corrected chi connectivity index (χ4v) is 2.19. The summed E-state index contributed by atoms with van der Waals surface area (Å²) in [7, 11) is 0. The molecule has 5 nitrogen and oxygen atoms in total. The first-order chi connectivity index (χ1) is 8.58. The predicted octanol–water partition coefficient (Wildman–Crippen LogP) is 0.968. The smallest absolute Gasteiger partial charge is 0.255 e. The van der Waals surface area contributed by atoms with E-state index in [0.29, 0.717) is 0 Å². The number of carbonyl (C=O) groups is 1. The summed E-state index contributed by atoms with van der Waals surface area (Å²) in [6.45, 7) is 2.98. The zero-order valence-corrected chi connectivity index (χ0v) is 10.3. The van der Waals surface area contributed by atoms with Crippen molar-refractivity contribution in [2.24, 2.45) is 0 Å². The van der Waals surface area contributed by atoms with Gasteiger partial charge in [-0.05, 0) is 44.5 Å². The molecular weight excluding hydrogens is 232 g/mol. The topological polar surface area (TPSA) is 81.6 Å². The van der Waals surface area contributed by atoms with Gasteiger partial charge in [0.1, 0.15) is 11.5 Å². The van der Waals surface area contributed by atoms with Gasteiger partial charge in [-0.15, -0.1) is 0 Å². The highest BCUT2D eigenvalue weighted by molar-refractivity contribution is 5.97. The van der Waals surface area contributed by atoms with Crippen molar-refractivity contribution in [3.8, 4) is 11.5 Å². The van der Waals surface area contributed by atoms with Crippen molar-refractivity contribution in [1.29, 1.82) is 0 Å². The number of benzene rings is 1. The van der Waals surface area contributed by atoms with E-state index in [-0.39, 0.29) is 35.1 Å². The molecule has 0 aliphatic carbocycles. The maximum Gasteiger partial charge on any atom is 0.255 e. The molecule has 1 aliphatic heterocycles. The molecular formula is C13H18N2O3. The summed E-state index contributed by atoms with van der Waals surface area (Å²) in [5, 5.41) is 25.1. The van der Waals surface area contributed by atoms with Gasteiger partial charge in [0.2, 0.25) is 0 Å². The molecule has 2 atom stereocenters. The van der Waals surface area contributed by atoms with Crippen LogP contribution < -0.4 is 10.6 Å². The van der Waals surface area contributed by atoms with Gasteiger partial charge in [-0.1, -0.05) is 0 Å². The van der Waals surface area contributed by atoms with Gasteiger partial charge in [-0.3, -0.25) is 4.79 Å². The van der Waals surface area contributed by atoms with E-state index in [2.05, 4.69) is 10.6 Å². The summed E-state index contributed by atoms with van der Waals surface area (Å²) in [5.74, 6) is -0.515. The zero-order chi connectivity index (χ0) is 13.1. The van der Waals surface area contributed by atoms with E-state index < -0.39 is 0 Å². The second-order valence-corrected chi connectivity index (χ2v) is 4.67. The fraction of sp³-hybridized carbons (Fsp3) is 0.462. The monoisotopic (exact) mass is 250 g/mol. The summed E-state index contributed by atoms with van der Waals surface area (Å²) >= 11 is 0. The molecule has 1 heterocycles. The SMILES string of the molecule is CC1NCCCC1NC(=O)c1cc(O)ccc1O. The highest BCUT2D eigenvalue weighted by Gasteiger charge is 2.23. The van der Waals surface area contributed by atoms with Gasteiger partial charge in [0.25, 0.3) is 5.91 Å². The van der Waals surface area contributed by atoms with E-state index in [1.807, 2.05) is 6.92 Å². The van der Waals surface area contributed by atoms with Gasteiger partial charge >= 0.3 is 0 Å². The summed E-state index contributed by atoms with van der Waals surface area (Å²) in [6, 6.07) is 4.19. The number of carbonyl (C=O) groups excluding carboxylic acids is 1. The Bertz CT molecular complexity index is 448. The first kappa shape index (κ1) is 12.7. The number of aromatic hydroxyl groups is 2. The zero-order valence-electron chi connectivity index (χ0n) is 10.3. The second kappa shape index (κ2) is 5.27. The Labute approximate surface area is 106 Å². The van der Waals surface area contributed by atoms with Crippen molar-refractivity contribution in [3.05, 3.63) is 23.8 Å². The molecule has 0 saturated carbocycles. The van der Waals surface area contributed by atoms with Crippen LogP contribution >= 0.6 is 0 Å². The van der Waals surface area contributed by atoms with Crippen molar-refractivity contribution >= 4 is 5.91 Å². The molecule has 5 heteroatoms. The van der Waals surface area contributed by atoms with Crippen LogP contribution in [0.3, 0.4) is 0 Å². The lowest BCUT2D eigenvalue weighted by Gasteiger charge is -2.30. The van der Waals surface area contributed by atoms with E-state index in [9.17, 15) is 15.0 Å². The molecule has 2 unspecified atom stereocenters. The third-order valence-corrected chi connectivity index (χ3v) is 3.30. The average molecular weight is 250 g/mol. The Morgan fingerprint density at radius 2 is 2.22 bits per heavy atom.